The summed E-state index contributed by atoms with van der Waals surface area (Å²) in [5.41, 5.74) is 4.82. The third-order valence-electron chi connectivity index (χ3n) is 1.63. The molecule has 1 unspecified atom stereocenters. The minimum atomic E-state index is -1.11. The van der Waals surface area contributed by atoms with Crippen LogP contribution in [0.1, 0.15) is 11.6 Å². The molecule has 0 amide bonds. The van der Waals surface area contributed by atoms with Gasteiger partial charge in [-0.1, -0.05) is 0 Å². The van der Waals surface area contributed by atoms with Crippen LogP contribution in [-0.4, -0.2) is 16.8 Å². The normalized spacial score (nSPS) is 12.9. The molecule has 0 radical (unpaired) electrons. The van der Waals surface area contributed by atoms with E-state index in [0.717, 1.165) is 12.1 Å². The molecule has 1 aromatic rings. The summed E-state index contributed by atoms with van der Waals surface area (Å²) in [5.74, 6) is -2.43. The fraction of sp³-hybridized carbons (Fsp3) is 0.250. The van der Waals surface area contributed by atoms with Crippen LogP contribution in [0, 0.1) is 11.6 Å². The lowest BCUT2D eigenvalue weighted by Gasteiger charge is -2.10. The van der Waals surface area contributed by atoms with Gasteiger partial charge < -0.3 is 15.9 Å². The topological polar surface area (TPSA) is 66.5 Å². The molecule has 0 heterocycles. The van der Waals surface area contributed by atoms with E-state index in [9.17, 15) is 8.78 Å². The Morgan fingerprint density at radius 2 is 1.77 bits per heavy atom. The minimum Gasteiger partial charge on any atom is -0.508 e. The van der Waals surface area contributed by atoms with E-state index < -0.39 is 35.6 Å². The lowest BCUT2D eigenvalue weighted by atomic mass is 10.1. The van der Waals surface area contributed by atoms with Crippen LogP contribution in [0.3, 0.4) is 0 Å². The van der Waals surface area contributed by atoms with E-state index in [1.807, 2.05) is 0 Å². The predicted molar refractivity (Wildman–Crippen MR) is 42.0 cm³/mol. The number of aliphatic hydroxyl groups is 1. The number of phenols is 1. The van der Waals surface area contributed by atoms with Gasteiger partial charge in [0.05, 0.1) is 12.6 Å². The number of phenolic OH excluding ortho intramolecular Hbond substituents is 1. The molecule has 0 aromatic heterocycles. The molecule has 0 fully saturated rings. The standard InChI is InChI=1S/C8H9F2NO2/c9-5-1-4(13)2-6(10)8(5)7(11)3-12/h1-2,7,12-13H,3,11H2. The van der Waals surface area contributed by atoms with Crippen molar-refractivity contribution in [2.45, 2.75) is 6.04 Å². The first kappa shape index (κ1) is 9.88. The molecule has 5 heteroatoms. The highest BCUT2D eigenvalue weighted by molar-refractivity contribution is 5.31. The zero-order valence-electron chi connectivity index (χ0n) is 6.67. The van der Waals surface area contributed by atoms with E-state index in [0.29, 0.717) is 0 Å². The summed E-state index contributed by atoms with van der Waals surface area (Å²) in [6.45, 7) is -0.557. The van der Waals surface area contributed by atoms with Gasteiger partial charge in [-0.25, -0.2) is 8.78 Å². The summed E-state index contributed by atoms with van der Waals surface area (Å²) in [4.78, 5) is 0. The van der Waals surface area contributed by atoms with Crippen molar-refractivity contribution >= 4 is 0 Å². The van der Waals surface area contributed by atoms with E-state index in [4.69, 9.17) is 15.9 Å². The summed E-state index contributed by atoms with van der Waals surface area (Å²) < 4.78 is 25.9. The molecule has 1 rings (SSSR count). The van der Waals surface area contributed by atoms with Gasteiger partial charge in [-0.05, 0) is 0 Å². The maximum Gasteiger partial charge on any atom is 0.134 e. The molecule has 0 aliphatic carbocycles. The second kappa shape index (κ2) is 3.68. The van der Waals surface area contributed by atoms with Crippen LogP contribution in [0.25, 0.3) is 0 Å². The Bertz CT molecular complexity index is 294. The van der Waals surface area contributed by atoms with E-state index in [1.165, 1.54) is 0 Å². The van der Waals surface area contributed by atoms with Gasteiger partial charge in [0.2, 0.25) is 0 Å². The Morgan fingerprint density at radius 1 is 1.31 bits per heavy atom. The Morgan fingerprint density at radius 3 is 2.15 bits per heavy atom. The van der Waals surface area contributed by atoms with E-state index >= 15 is 0 Å². The molecule has 4 N–H and O–H groups in total. The van der Waals surface area contributed by atoms with Gasteiger partial charge in [-0.2, -0.15) is 0 Å². The number of nitrogens with two attached hydrogens (primary N) is 1. The van der Waals surface area contributed by atoms with Crippen LogP contribution in [0.2, 0.25) is 0 Å². The largest absolute Gasteiger partial charge is 0.508 e. The summed E-state index contributed by atoms with van der Waals surface area (Å²) in [6, 6.07) is 0.377. The van der Waals surface area contributed by atoms with Gasteiger partial charge in [0.1, 0.15) is 17.4 Å². The number of aliphatic hydroxyl groups excluding tert-OH is 1. The molecule has 0 aliphatic rings. The van der Waals surface area contributed by atoms with Crippen LogP contribution in [0.4, 0.5) is 8.78 Å². The minimum absolute atomic E-state index is 0.416. The molecule has 3 nitrogen and oxygen atoms in total. The number of hydrogen-bond acceptors (Lipinski definition) is 3. The van der Waals surface area contributed by atoms with Gasteiger partial charge in [0.15, 0.2) is 0 Å². The number of aromatic hydroxyl groups is 1. The smallest absolute Gasteiger partial charge is 0.134 e. The van der Waals surface area contributed by atoms with Crippen molar-refractivity contribution in [3.8, 4) is 5.75 Å². The average Bonchev–Trinajstić information content (AvgIpc) is 2.02. The lowest BCUT2D eigenvalue weighted by Crippen LogP contribution is -2.17. The van der Waals surface area contributed by atoms with E-state index in [2.05, 4.69) is 0 Å². The van der Waals surface area contributed by atoms with Crippen LogP contribution in [0.15, 0.2) is 12.1 Å². The summed E-state index contributed by atoms with van der Waals surface area (Å²) >= 11 is 0. The molecule has 0 spiro atoms. The first-order chi connectivity index (χ1) is 6.06. The van der Waals surface area contributed by atoms with Crippen LogP contribution in [-0.2, 0) is 0 Å². The Kier molecular flexibility index (Phi) is 2.79. The van der Waals surface area contributed by atoms with Gasteiger partial charge in [0, 0.05) is 17.7 Å². The van der Waals surface area contributed by atoms with Crippen molar-refractivity contribution in [3.63, 3.8) is 0 Å². The molecule has 0 bridgehead atoms. The molecule has 0 saturated heterocycles. The molecule has 1 aromatic carbocycles. The summed E-state index contributed by atoms with van der Waals surface area (Å²) in [7, 11) is 0. The molecule has 72 valence electrons. The quantitative estimate of drug-likeness (QED) is 0.640. The summed E-state index contributed by atoms with van der Waals surface area (Å²) in [6.07, 6.45) is 0. The Hall–Kier alpha value is -1.20. The number of hydrogen-bond donors (Lipinski definition) is 3. The van der Waals surface area contributed by atoms with Gasteiger partial charge in [-0.3, -0.25) is 0 Å². The zero-order chi connectivity index (χ0) is 10.0. The molecule has 0 aliphatic heterocycles. The predicted octanol–water partition coefficient (Wildman–Crippen LogP) is 0.663. The number of benzene rings is 1. The molecule has 0 saturated carbocycles. The Balaban J connectivity index is 3.20. The maximum atomic E-state index is 13.0. The summed E-state index contributed by atoms with van der Waals surface area (Å²) in [5, 5.41) is 17.4. The maximum absolute atomic E-state index is 13.0. The monoisotopic (exact) mass is 189 g/mol. The van der Waals surface area contributed by atoms with Crippen LogP contribution in [0.5, 0.6) is 5.75 Å². The first-order valence-electron chi connectivity index (χ1n) is 3.60. The molecular weight excluding hydrogens is 180 g/mol. The molecule has 1 atom stereocenters. The lowest BCUT2D eigenvalue weighted by molar-refractivity contribution is 0.262. The highest BCUT2D eigenvalue weighted by Gasteiger charge is 2.16. The van der Waals surface area contributed by atoms with Gasteiger partial charge >= 0.3 is 0 Å². The number of halogens is 2. The van der Waals surface area contributed by atoms with Crippen molar-refractivity contribution in [1.29, 1.82) is 0 Å². The Labute approximate surface area is 73.4 Å². The second-order valence-electron chi connectivity index (χ2n) is 2.61. The third-order valence-corrected chi connectivity index (χ3v) is 1.63. The van der Waals surface area contributed by atoms with E-state index in [-0.39, 0.29) is 0 Å². The van der Waals surface area contributed by atoms with Crippen molar-refractivity contribution < 1.29 is 19.0 Å². The SMILES string of the molecule is NC(CO)c1c(F)cc(O)cc1F. The van der Waals surface area contributed by atoms with Gasteiger partial charge in [0.25, 0.3) is 0 Å². The highest BCUT2D eigenvalue weighted by Crippen LogP contribution is 2.23. The number of rotatable bonds is 2. The second-order valence-corrected chi connectivity index (χ2v) is 2.61. The van der Waals surface area contributed by atoms with Crippen molar-refractivity contribution in [2.24, 2.45) is 5.73 Å². The van der Waals surface area contributed by atoms with Crippen molar-refractivity contribution in [1.82, 2.24) is 0 Å². The third kappa shape index (κ3) is 1.93. The van der Waals surface area contributed by atoms with Crippen molar-refractivity contribution in [2.75, 3.05) is 6.61 Å². The van der Waals surface area contributed by atoms with E-state index in [1.54, 1.807) is 0 Å². The fourth-order valence-corrected chi connectivity index (χ4v) is 1.02. The fourth-order valence-electron chi connectivity index (χ4n) is 1.02. The zero-order valence-corrected chi connectivity index (χ0v) is 6.67. The first-order valence-corrected chi connectivity index (χ1v) is 3.60. The molecular formula is C8H9F2NO2. The highest BCUT2D eigenvalue weighted by atomic mass is 19.1. The average molecular weight is 189 g/mol. The van der Waals surface area contributed by atoms with Crippen molar-refractivity contribution in [3.05, 3.63) is 29.3 Å². The van der Waals surface area contributed by atoms with Crippen LogP contribution >= 0.6 is 0 Å². The van der Waals surface area contributed by atoms with Crippen LogP contribution < -0.4 is 5.73 Å². The van der Waals surface area contributed by atoms with Gasteiger partial charge in [-0.15, -0.1) is 0 Å². The molecule has 13 heavy (non-hydrogen) atoms.